The molecule has 0 aliphatic carbocycles. The topological polar surface area (TPSA) is 62.4 Å². The van der Waals surface area contributed by atoms with Gasteiger partial charge in [-0.1, -0.05) is 10.3 Å². The van der Waals surface area contributed by atoms with E-state index in [4.69, 9.17) is 5.11 Å². The SMILES string of the molecule is Cc1nonc1CN1CCCC1CO. The van der Waals surface area contributed by atoms with Gasteiger partial charge in [0.25, 0.3) is 0 Å². The van der Waals surface area contributed by atoms with Crippen molar-refractivity contribution in [2.24, 2.45) is 0 Å². The van der Waals surface area contributed by atoms with E-state index in [-0.39, 0.29) is 12.6 Å². The monoisotopic (exact) mass is 197 g/mol. The maximum absolute atomic E-state index is 9.13. The zero-order valence-electron chi connectivity index (χ0n) is 8.31. The van der Waals surface area contributed by atoms with Crippen LogP contribution in [0, 0.1) is 6.92 Å². The van der Waals surface area contributed by atoms with Crippen molar-refractivity contribution in [3.05, 3.63) is 11.4 Å². The van der Waals surface area contributed by atoms with Gasteiger partial charge in [0.15, 0.2) is 0 Å². The predicted octanol–water partition coefficient (Wildman–Crippen LogP) is 0.335. The summed E-state index contributed by atoms with van der Waals surface area (Å²) in [5.41, 5.74) is 1.72. The lowest BCUT2D eigenvalue weighted by atomic mass is 10.2. The van der Waals surface area contributed by atoms with E-state index < -0.39 is 0 Å². The summed E-state index contributed by atoms with van der Waals surface area (Å²) >= 11 is 0. The first-order valence-electron chi connectivity index (χ1n) is 4.94. The van der Waals surface area contributed by atoms with Gasteiger partial charge in [0.05, 0.1) is 6.61 Å². The van der Waals surface area contributed by atoms with E-state index in [1.54, 1.807) is 0 Å². The van der Waals surface area contributed by atoms with Crippen LogP contribution in [0.1, 0.15) is 24.2 Å². The molecule has 1 aliphatic rings. The largest absolute Gasteiger partial charge is 0.395 e. The maximum atomic E-state index is 9.13. The Kier molecular flexibility index (Phi) is 2.79. The van der Waals surface area contributed by atoms with Crippen LogP contribution in [0.2, 0.25) is 0 Å². The number of aromatic nitrogens is 2. The molecule has 0 aromatic carbocycles. The zero-order chi connectivity index (χ0) is 9.97. The second kappa shape index (κ2) is 4.06. The van der Waals surface area contributed by atoms with Gasteiger partial charge in [0.1, 0.15) is 11.4 Å². The highest BCUT2D eigenvalue weighted by Crippen LogP contribution is 2.19. The minimum Gasteiger partial charge on any atom is -0.395 e. The summed E-state index contributed by atoms with van der Waals surface area (Å²) in [5.74, 6) is 0. The highest BCUT2D eigenvalue weighted by molar-refractivity contribution is 5.05. The Morgan fingerprint density at radius 1 is 1.57 bits per heavy atom. The molecule has 14 heavy (non-hydrogen) atoms. The standard InChI is InChI=1S/C9H15N3O2/c1-7-9(11-14-10-7)5-12-4-2-3-8(12)6-13/h8,13H,2-6H2,1H3. The van der Waals surface area contributed by atoms with Crippen LogP contribution in [0.3, 0.4) is 0 Å². The Bertz CT molecular complexity index is 300. The Labute approximate surface area is 82.7 Å². The summed E-state index contributed by atoms with van der Waals surface area (Å²) in [6, 6.07) is 0.283. The highest BCUT2D eigenvalue weighted by Gasteiger charge is 2.25. The fraction of sp³-hybridized carbons (Fsp3) is 0.778. The van der Waals surface area contributed by atoms with Crippen LogP contribution in [0.4, 0.5) is 0 Å². The number of aliphatic hydroxyl groups excluding tert-OH is 1. The lowest BCUT2D eigenvalue weighted by molar-refractivity contribution is 0.150. The summed E-state index contributed by atoms with van der Waals surface area (Å²) < 4.78 is 4.64. The van der Waals surface area contributed by atoms with Gasteiger partial charge in [-0.3, -0.25) is 4.90 Å². The van der Waals surface area contributed by atoms with Gasteiger partial charge in [-0.15, -0.1) is 0 Å². The molecule has 0 amide bonds. The number of likely N-dealkylation sites (tertiary alicyclic amines) is 1. The Morgan fingerprint density at radius 2 is 2.43 bits per heavy atom. The molecule has 2 rings (SSSR count). The molecule has 1 N–H and O–H groups in total. The van der Waals surface area contributed by atoms with E-state index in [9.17, 15) is 0 Å². The van der Waals surface area contributed by atoms with Gasteiger partial charge in [-0.2, -0.15) is 0 Å². The second-order valence-electron chi connectivity index (χ2n) is 3.75. The van der Waals surface area contributed by atoms with Crippen molar-refractivity contribution in [3.63, 3.8) is 0 Å². The normalized spacial score (nSPS) is 23.1. The van der Waals surface area contributed by atoms with Crippen molar-refractivity contribution in [1.29, 1.82) is 0 Å². The fourth-order valence-corrected chi connectivity index (χ4v) is 1.90. The molecular weight excluding hydrogens is 182 g/mol. The fourth-order valence-electron chi connectivity index (χ4n) is 1.90. The maximum Gasteiger partial charge on any atom is 0.122 e. The third kappa shape index (κ3) is 1.78. The number of hydrogen-bond donors (Lipinski definition) is 1. The van der Waals surface area contributed by atoms with Crippen molar-refractivity contribution < 1.29 is 9.74 Å². The van der Waals surface area contributed by atoms with E-state index in [1.165, 1.54) is 0 Å². The number of aryl methyl sites for hydroxylation is 1. The summed E-state index contributed by atoms with van der Waals surface area (Å²) in [7, 11) is 0. The van der Waals surface area contributed by atoms with Gasteiger partial charge in [-0.25, -0.2) is 4.63 Å². The summed E-state index contributed by atoms with van der Waals surface area (Å²) in [6.45, 7) is 3.87. The Balaban J connectivity index is 2.00. The van der Waals surface area contributed by atoms with Crippen molar-refractivity contribution in [2.45, 2.75) is 32.4 Å². The molecule has 78 valence electrons. The minimum atomic E-state index is 0.227. The van der Waals surface area contributed by atoms with Gasteiger partial charge in [-0.05, 0) is 26.3 Å². The summed E-state index contributed by atoms with van der Waals surface area (Å²) in [5, 5.41) is 16.7. The zero-order valence-corrected chi connectivity index (χ0v) is 8.31. The molecule has 0 bridgehead atoms. The van der Waals surface area contributed by atoms with Gasteiger partial charge >= 0.3 is 0 Å². The predicted molar refractivity (Wildman–Crippen MR) is 49.6 cm³/mol. The molecule has 1 saturated heterocycles. The van der Waals surface area contributed by atoms with E-state index in [0.29, 0.717) is 0 Å². The smallest absolute Gasteiger partial charge is 0.122 e. The molecular formula is C9H15N3O2. The first-order chi connectivity index (χ1) is 6.81. The molecule has 1 fully saturated rings. The first kappa shape index (κ1) is 9.61. The molecule has 1 unspecified atom stereocenters. The van der Waals surface area contributed by atoms with Crippen LogP contribution < -0.4 is 0 Å². The molecule has 2 heterocycles. The molecule has 5 heteroatoms. The average Bonchev–Trinajstić information content (AvgIpc) is 2.77. The van der Waals surface area contributed by atoms with Crippen LogP contribution in [0.25, 0.3) is 0 Å². The molecule has 5 nitrogen and oxygen atoms in total. The van der Waals surface area contributed by atoms with Gasteiger partial charge in [0.2, 0.25) is 0 Å². The average molecular weight is 197 g/mol. The Morgan fingerprint density at radius 3 is 3.07 bits per heavy atom. The number of hydrogen-bond acceptors (Lipinski definition) is 5. The van der Waals surface area contributed by atoms with Gasteiger partial charge in [0, 0.05) is 12.6 Å². The first-order valence-corrected chi connectivity index (χ1v) is 4.94. The van der Waals surface area contributed by atoms with Crippen LogP contribution >= 0.6 is 0 Å². The molecule has 1 aromatic heterocycles. The summed E-state index contributed by atoms with van der Waals surface area (Å²) in [6.07, 6.45) is 2.22. The van der Waals surface area contributed by atoms with E-state index in [2.05, 4.69) is 19.8 Å². The molecule has 0 saturated carbocycles. The van der Waals surface area contributed by atoms with Gasteiger partial charge < -0.3 is 5.11 Å². The number of aliphatic hydroxyl groups is 1. The third-order valence-corrected chi connectivity index (χ3v) is 2.81. The van der Waals surface area contributed by atoms with Crippen molar-refractivity contribution in [3.8, 4) is 0 Å². The van der Waals surface area contributed by atoms with Crippen molar-refractivity contribution in [2.75, 3.05) is 13.2 Å². The van der Waals surface area contributed by atoms with E-state index in [0.717, 1.165) is 37.3 Å². The van der Waals surface area contributed by atoms with Crippen LogP contribution in [-0.2, 0) is 6.54 Å². The Hall–Kier alpha value is -0.940. The van der Waals surface area contributed by atoms with E-state index >= 15 is 0 Å². The van der Waals surface area contributed by atoms with Crippen LogP contribution in [0.5, 0.6) is 0 Å². The lowest BCUT2D eigenvalue weighted by Gasteiger charge is -2.20. The molecule has 1 aromatic rings. The van der Waals surface area contributed by atoms with Crippen LogP contribution in [0.15, 0.2) is 4.63 Å². The van der Waals surface area contributed by atoms with Crippen LogP contribution in [-0.4, -0.2) is 39.5 Å². The second-order valence-corrected chi connectivity index (χ2v) is 3.75. The minimum absolute atomic E-state index is 0.227. The molecule has 1 aliphatic heterocycles. The third-order valence-electron chi connectivity index (χ3n) is 2.81. The highest BCUT2D eigenvalue weighted by atomic mass is 16.6. The number of rotatable bonds is 3. The molecule has 0 radical (unpaired) electrons. The molecule has 0 spiro atoms. The van der Waals surface area contributed by atoms with Crippen molar-refractivity contribution in [1.82, 2.24) is 15.2 Å². The number of nitrogens with zero attached hydrogens (tertiary/aromatic N) is 3. The van der Waals surface area contributed by atoms with E-state index in [1.807, 2.05) is 6.92 Å². The summed E-state index contributed by atoms with van der Waals surface area (Å²) in [4.78, 5) is 2.23. The quantitative estimate of drug-likeness (QED) is 0.756. The lowest BCUT2D eigenvalue weighted by Crippen LogP contribution is -2.31. The molecule has 1 atom stereocenters. The van der Waals surface area contributed by atoms with Crippen molar-refractivity contribution >= 4 is 0 Å².